The zero-order valence-corrected chi connectivity index (χ0v) is 30.5. The highest BCUT2D eigenvalue weighted by Crippen LogP contribution is 2.46. The molecule has 0 N–H and O–H groups in total. The van der Waals surface area contributed by atoms with Gasteiger partial charge in [-0.05, 0) is 65.0 Å². The monoisotopic (exact) mass is 726 g/mol. The summed E-state index contributed by atoms with van der Waals surface area (Å²) in [6.45, 7) is 0. The van der Waals surface area contributed by atoms with Gasteiger partial charge in [-0.2, -0.15) is 9.50 Å². The van der Waals surface area contributed by atoms with Crippen molar-refractivity contribution in [3.63, 3.8) is 0 Å². The van der Waals surface area contributed by atoms with Crippen LogP contribution >= 0.6 is 0 Å². The molecule has 6 heteroatoms. The average Bonchev–Trinajstić information content (AvgIpc) is 3.94. The first-order valence-corrected chi connectivity index (χ1v) is 19.3. The van der Waals surface area contributed by atoms with E-state index in [9.17, 15) is 0 Å². The van der Waals surface area contributed by atoms with Gasteiger partial charge in [0.2, 0.25) is 0 Å². The van der Waals surface area contributed by atoms with Crippen LogP contribution in [0.4, 0.5) is 0 Å². The minimum Gasteiger partial charge on any atom is -0.308 e. The molecule has 13 aromatic rings. The summed E-state index contributed by atoms with van der Waals surface area (Å²) in [4.78, 5) is 10.4. The van der Waals surface area contributed by atoms with Gasteiger partial charge < -0.3 is 8.97 Å². The van der Waals surface area contributed by atoms with Crippen molar-refractivity contribution in [2.75, 3.05) is 0 Å². The Morgan fingerprint density at radius 2 is 1.00 bits per heavy atom. The third-order valence-electron chi connectivity index (χ3n) is 11.8. The molecule has 0 amide bonds. The van der Waals surface area contributed by atoms with Crippen molar-refractivity contribution in [3.8, 4) is 39.5 Å². The number of rotatable bonds is 4. The summed E-state index contributed by atoms with van der Waals surface area (Å²) in [5.41, 5.74) is 13.1. The minimum atomic E-state index is 0.556. The Bertz CT molecular complexity index is 3760. The molecule has 0 aliphatic heterocycles. The normalized spacial score (nSPS) is 12.2. The summed E-state index contributed by atoms with van der Waals surface area (Å²) in [5, 5.41) is 13.7. The van der Waals surface area contributed by atoms with Crippen molar-refractivity contribution in [1.29, 1.82) is 0 Å². The Morgan fingerprint density at radius 3 is 1.84 bits per heavy atom. The largest absolute Gasteiger partial charge is 0.308 e. The third-order valence-corrected chi connectivity index (χ3v) is 11.8. The Morgan fingerprint density at radius 1 is 0.386 bits per heavy atom. The molecule has 5 heterocycles. The molecule has 13 rings (SSSR count). The Balaban J connectivity index is 1.08. The molecule has 0 aliphatic carbocycles. The van der Waals surface area contributed by atoms with Crippen LogP contribution in [0, 0.1) is 0 Å². The van der Waals surface area contributed by atoms with Crippen LogP contribution in [0.15, 0.2) is 182 Å². The Labute approximate surface area is 325 Å². The quantitative estimate of drug-likeness (QED) is 0.181. The average molecular weight is 727 g/mol. The summed E-state index contributed by atoms with van der Waals surface area (Å²) in [6.07, 6.45) is 0. The fraction of sp³-hybridized carbons (Fsp3) is 0. The van der Waals surface area contributed by atoms with Gasteiger partial charge in [0, 0.05) is 43.4 Å². The lowest BCUT2D eigenvalue weighted by molar-refractivity contribution is 0.987. The van der Waals surface area contributed by atoms with Gasteiger partial charge in [0.1, 0.15) is 0 Å². The van der Waals surface area contributed by atoms with Crippen molar-refractivity contribution in [3.05, 3.63) is 182 Å². The molecule has 0 saturated carbocycles. The maximum Gasteiger partial charge on any atom is 0.253 e. The molecule has 264 valence electrons. The highest BCUT2D eigenvalue weighted by atomic mass is 15.3. The highest BCUT2D eigenvalue weighted by molar-refractivity contribution is 6.33. The number of fused-ring (bicyclic) bond motifs is 9. The molecule has 0 saturated heterocycles. The van der Waals surface area contributed by atoms with Gasteiger partial charge in [-0.1, -0.05) is 133 Å². The topological polar surface area (TPSA) is 52.4 Å². The summed E-state index contributed by atoms with van der Waals surface area (Å²) in [5.74, 6) is 1.18. The van der Waals surface area contributed by atoms with Crippen molar-refractivity contribution in [2.24, 2.45) is 0 Å². The Hall–Kier alpha value is -7.83. The van der Waals surface area contributed by atoms with Gasteiger partial charge in [0.15, 0.2) is 5.82 Å². The van der Waals surface area contributed by atoms with Crippen molar-refractivity contribution in [2.45, 2.75) is 0 Å². The lowest BCUT2D eigenvalue weighted by Crippen LogP contribution is -1.99. The van der Waals surface area contributed by atoms with E-state index in [0.29, 0.717) is 11.6 Å². The molecule has 0 aliphatic rings. The molecule has 0 unspecified atom stereocenters. The van der Waals surface area contributed by atoms with Crippen molar-refractivity contribution >= 4 is 76.6 Å². The predicted molar refractivity (Wildman–Crippen MR) is 234 cm³/mol. The standard InChI is InChI=1S/C51H30N6/c1-2-14-31(15-3-1)32-16-12-17-33(30-32)48-38-20-6-11-26-43(38)57-51(52-48)53-50(54-57)39-21-7-10-25-42(39)55-44-27-13-22-36-34-18-4-8-23-40(34)56-41-24-9-5-19-35(41)37-28-29-45(55)47(46(36)44)49(37)56/h1-30H. The van der Waals surface area contributed by atoms with Crippen LogP contribution < -0.4 is 0 Å². The number of aromatic nitrogens is 6. The van der Waals surface area contributed by atoms with Crippen molar-refractivity contribution < 1.29 is 0 Å². The summed E-state index contributed by atoms with van der Waals surface area (Å²) >= 11 is 0. The zero-order valence-electron chi connectivity index (χ0n) is 30.5. The smallest absolute Gasteiger partial charge is 0.253 e. The fourth-order valence-corrected chi connectivity index (χ4v) is 9.45. The van der Waals surface area contributed by atoms with E-state index in [-0.39, 0.29) is 0 Å². The number of hydrogen-bond acceptors (Lipinski definition) is 3. The van der Waals surface area contributed by atoms with Crippen LogP contribution in [0.3, 0.4) is 0 Å². The first kappa shape index (κ1) is 30.5. The number of nitrogens with zero attached hydrogens (tertiary/aromatic N) is 6. The van der Waals surface area contributed by atoms with E-state index in [2.05, 4.69) is 185 Å². The predicted octanol–water partition coefficient (Wildman–Crippen LogP) is 12.5. The fourth-order valence-electron chi connectivity index (χ4n) is 9.45. The highest BCUT2D eigenvalue weighted by Gasteiger charge is 2.25. The van der Waals surface area contributed by atoms with E-state index >= 15 is 0 Å². The lowest BCUT2D eigenvalue weighted by Gasteiger charge is -2.12. The van der Waals surface area contributed by atoms with E-state index in [0.717, 1.165) is 50.0 Å². The van der Waals surface area contributed by atoms with E-state index in [4.69, 9.17) is 15.1 Å². The van der Waals surface area contributed by atoms with E-state index in [1.54, 1.807) is 0 Å². The van der Waals surface area contributed by atoms with E-state index in [1.807, 2.05) is 10.6 Å². The molecule has 0 bridgehead atoms. The van der Waals surface area contributed by atoms with Crippen LogP contribution in [0.25, 0.3) is 116 Å². The van der Waals surface area contributed by atoms with Gasteiger partial charge in [-0.15, -0.1) is 5.10 Å². The molecule has 0 spiro atoms. The molecule has 8 aromatic carbocycles. The second-order valence-electron chi connectivity index (χ2n) is 14.8. The second kappa shape index (κ2) is 11.4. The minimum absolute atomic E-state index is 0.556. The lowest BCUT2D eigenvalue weighted by atomic mass is 10.00. The number of hydrogen-bond donors (Lipinski definition) is 0. The van der Waals surface area contributed by atoms with Crippen LogP contribution in [0.2, 0.25) is 0 Å². The van der Waals surface area contributed by atoms with E-state index in [1.165, 1.54) is 54.4 Å². The third kappa shape index (κ3) is 4.16. The van der Waals surface area contributed by atoms with Crippen LogP contribution in [-0.4, -0.2) is 28.5 Å². The molecule has 57 heavy (non-hydrogen) atoms. The molecule has 5 aromatic heterocycles. The molecule has 0 fully saturated rings. The molecular weight excluding hydrogens is 697 g/mol. The van der Waals surface area contributed by atoms with Crippen molar-refractivity contribution in [1.82, 2.24) is 28.5 Å². The number of benzene rings is 8. The van der Waals surface area contributed by atoms with Crippen LogP contribution in [0.1, 0.15) is 0 Å². The van der Waals surface area contributed by atoms with Crippen LogP contribution in [0.5, 0.6) is 0 Å². The number of para-hydroxylation sites is 4. The van der Waals surface area contributed by atoms with Gasteiger partial charge in [-0.25, -0.2) is 4.98 Å². The van der Waals surface area contributed by atoms with Gasteiger partial charge >= 0.3 is 0 Å². The van der Waals surface area contributed by atoms with Gasteiger partial charge in [-0.3, -0.25) is 0 Å². The molecule has 0 radical (unpaired) electrons. The maximum absolute atomic E-state index is 5.23. The van der Waals surface area contributed by atoms with Crippen LogP contribution in [-0.2, 0) is 0 Å². The first-order valence-electron chi connectivity index (χ1n) is 19.3. The Kier molecular flexibility index (Phi) is 6.07. The molecular formula is C51H30N6. The SMILES string of the molecule is c1ccc(-c2cccc(-c3nc4nc(-c5ccccc5-n5c6cccc7c8ccccc8n8c9ccccc9c9ccc5c(c76)c98)nn4c4ccccc34)c2)cc1. The summed E-state index contributed by atoms with van der Waals surface area (Å²) < 4.78 is 6.79. The van der Waals surface area contributed by atoms with Gasteiger partial charge in [0.05, 0.1) is 44.5 Å². The second-order valence-corrected chi connectivity index (χ2v) is 14.8. The summed E-state index contributed by atoms with van der Waals surface area (Å²) in [7, 11) is 0. The zero-order chi connectivity index (χ0) is 37.2. The van der Waals surface area contributed by atoms with E-state index < -0.39 is 0 Å². The summed E-state index contributed by atoms with van der Waals surface area (Å²) in [6, 6.07) is 64.8. The molecule has 0 atom stereocenters. The first-order chi connectivity index (χ1) is 28.3. The molecule has 6 nitrogen and oxygen atoms in total. The van der Waals surface area contributed by atoms with Gasteiger partial charge in [0.25, 0.3) is 5.78 Å². The maximum atomic E-state index is 5.23.